The van der Waals surface area contributed by atoms with E-state index in [9.17, 15) is 4.79 Å². The number of aryl methyl sites for hydroxylation is 3. The molecule has 98 valence electrons. The minimum absolute atomic E-state index is 0.135. The van der Waals surface area contributed by atoms with Crippen molar-refractivity contribution in [1.29, 1.82) is 0 Å². The van der Waals surface area contributed by atoms with Crippen molar-refractivity contribution in [3.63, 3.8) is 0 Å². The summed E-state index contributed by atoms with van der Waals surface area (Å²) in [7, 11) is 0. The molecule has 4 heteroatoms. The number of benzene rings is 1. The fourth-order valence-corrected chi connectivity index (χ4v) is 2.66. The second-order valence-corrected chi connectivity index (χ2v) is 5.54. The zero-order valence-electron chi connectivity index (χ0n) is 11.1. The lowest BCUT2D eigenvalue weighted by Gasteiger charge is -2.12. The number of anilines is 1. The van der Waals surface area contributed by atoms with Crippen molar-refractivity contribution >= 4 is 27.5 Å². The van der Waals surface area contributed by atoms with Crippen LogP contribution in [-0.4, -0.2) is 10.9 Å². The maximum Gasteiger partial charge on any atom is 0.257 e. The Labute approximate surface area is 121 Å². The molecule has 0 unspecified atom stereocenters. The number of halogens is 1. The molecular formula is C15H15BrN2O. The van der Waals surface area contributed by atoms with E-state index >= 15 is 0 Å². The Bertz CT molecular complexity index is 615. The topological polar surface area (TPSA) is 42.0 Å². The third-order valence-electron chi connectivity index (χ3n) is 2.87. The van der Waals surface area contributed by atoms with Gasteiger partial charge in [0.05, 0.1) is 5.56 Å². The number of nitrogens with zero attached hydrogens (tertiary/aromatic N) is 1. The van der Waals surface area contributed by atoms with Crippen LogP contribution in [0.25, 0.3) is 0 Å². The zero-order chi connectivity index (χ0) is 14.0. The van der Waals surface area contributed by atoms with Crippen LogP contribution in [0.4, 0.5) is 5.69 Å². The molecule has 0 aliphatic heterocycles. The third-order valence-corrected chi connectivity index (χ3v) is 3.33. The number of carbonyl (C=O) groups is 1. The first-order chi connectivity index (χ1) is 8.97. The SMILES string of the molecule is Cc1cncc(C(=O)Nc2c(C)cc(Br)cc2C)c1. The summed E-state index contributed by atoms with van der Waals surface area (Å²) in [6, 6.07) is 5.79. The van der Waals surface area contributed by atoms with Crippen LogP contribution in [0.5, 0.6) is 0 Å². The number of carbonyl (C=O) groups excluding carboxylic acids is 1. The largest absolute Gasteiger partial charge is 0.321 e. The molecule has 0 atom stereocenters. The Morgan fingerprint density at radius 3 is 2.32 bits per heavy atom. The Hall–Kier alpha value is -1.68. The summed E-state index contributed by atoms with van der Waals surface area (Å²) in [5.74, 6) is -0.135. The Morgan fingerprint density at radius 2 is 1.74 bits per heavy atom. The van der Waals surface area contributed by atoms with E-state index in [2.05, 4.69) is 26.2 Å². The van der Waals surface area contributed by atoms with Gasteiger partial charge in [0.15, 0.2) is 0 Å². The molecule has 1 aromatic heterocycles. The standard InChI is InChI=1S/C15H15BrN2O/c1-9-4-12(8-17-7-9)15(19)18-14-10(2)5-13(16)6-11(14)3/h4-8H,1-3H3,(H,18,19). The van der Waals surface area contributed by atoms with Gasteiger partial charge in [0.25, 0.3) is 5.91 Å². The van der Waals surface area contributed by atoms with Crippen LogP contribution in [0.3, 0.4) is 0 Å². The molecule has 0 aliphatic carbocycles. The molecule has 1 N–H and O–H groups in total. The molecule has 3 nitrogen and oxygen atoms in total. The molecule has 19 heavy (non-hydrogen) atoms. The maximum absolute atomic E-state index is 12.2. The van der Waals surface area contributed by atoms with Gasteiger partial charge in [-0.15, -0.1) is 0 Å². The smallest absolute Gasteiger partial charge is 0.257 e. The summed E-state index contributed by atoms with van der Waals surface area (Å²) in [5, 5.41) is 2.95. The van der Waals surface area contributed by atoms with E-state index in [0.29, 0.717) is 5.56 Å². The summed E-state index contributed by atoms with van der Waals surface area (Å²) in [4.78, 5) is 16.2. The quantitative estimate of drug-likeness (QED) is 0.908. The molecule has 0 spiro atoms. The predicted octanol–water partition coefficient (Wildman–Crippen LogP) is 4.02. The van der Waals surface area contributed by atoms with Gasteiger partial charge in [-0.1, -0.05) is 15.9 Å². The average molecular weight is 319 g/mol. The van der Waals surface area contributed by atoms with E-state index in [1.807, 2.05) is 39.0 Å². The van der Waals surface area contributed by atoms with E-state index in [4.69, 9.17) is 0 Å². The fraction of sp³-hybridized carbons (Fsp3) is 0.200. The molecule has 0 fully saturated rings. The van der Waals surface area contributed by atoms with Gasteiger partial charge < -0.3 is 5.32 Å². The molecule has 1 aromatic carbocycles. The number of rotatable bonds is 2. The first kappa shape index (κ1) is 13.7. The predicted molar refractivity (Wildman–Crippen MR) is 80.5 cm³/mol. The van der Waals surface area contributed by atoms with Gasteiger partial charge in [0.1, 0.15) is 0 Å². The molecule has 0 saturated heterocycles. The van der Waals surface area contributed by atoms with Gasteiger partial charge in [0.2, 0.25) is 0 Å². The van der Waals surface area contributed by atoms with E-state index in [0.717, 1.165) is 26.9 Å². The van der Waals surface area contributed by atoms with Gasteiger partial charge >= 0.3 is 0 Å². The molecule has 0 saturated carbocycles. The Morgan fingerprint density at radius 1 is 1.11 bits per heavy atom. The van der Waals surface area contributed by atoms with Crippen molar-refractivity contribution < 1.29 is 4.79 Å². The van der Waals surface area contributed by atoms with E-state index in [-0.39, 0.29) is 5.91 Å². The van der Waals surface area contributed by atoms with Gasteiger partial charge in [-0.05, 0) is 55.7 Å². The molecule has 0 aliphatic rings. The highest BCUT2D eigenvalue weighted by atomic mass is 79.9. The van der Waals surface area contributed by atoms with Crippen LogP contribution >= 0.6 is 15.9 Å². The van der Waals surface area contributed by atoms with E-state index < -0.39 is 0 Å². The van der Waals surface area contributed by atoms with E-state index in [1.165, 1.54) is 0 Å². The van der Waals surface area contributed by atoms with Crippen molar-refractivity contribution in [3.8, 4) is 0 Å². The number of hydrogen-bond donors (Lipinski definition) is 1. The average Bonchev–Trinajstić information content (AvgIpc) is 2.33. The lowest BCUT2D eigenvalue weighted by Crippen LogP contribution is -2.14. The maximum atomic E-state index is 12.2. The number of amides is 1. The van der Waals surface area contributed by atoms with Crippen molar-refractivity contribution in [2.24, 2.45) is 0 Å². The van der Waals surface area contributed by atoms with Crippen molar-refractivity contribution in [2.75, 3.05) is 5.32 Å². The molecule has 0 bridgehead atoms. The summed E-state index contributed by atoms with van der Waals surface area (Å²) in [5.41, 5.74) is 4.45. The van der Waals surface area contributed by atoms with E-state index in [1.54, 1.807) is 12.4 Å². The van der Waals surface area contributed by atoms with Crippen molar-refractivity contribution in [2.45, 2.75) is 20.8 Å². The van der Waals surface area contributed by atoms with Crippen LogP contribution in [0.2, 0.25) is 0 Å². The number of pyridine rings is 1. The summed E-state index contributed by atoms with van der Waals surface area (Å²) in [6.07, 6.45) is 3.30. The van der Waals surface area contributed by atoms with Crippen molar-refractivity contribution in [1.82, 2.24) is 4.98 Å². The van der Waals surface area contributed by atoms with Crippen LogP contribution in [-0.2, 0) is 0 Å². The van der Waals surface area contributed by atoms with Crippen LogP contribution in [0.1, 0.15) is 27.0 Å². The minimum atomic E-state index is -0.135. The normalized spacial score (nSPS) is 10.3. The fourth-order valence-electron chi connectivity index (χ4n) is 1.97. The van der Waals surface area contributed by atoms with Gasteiger partial charge in [-0.25, -0.2) is 0 Å². The molecule has 1 heterocycles. The molecule has 1 amide bonds. The monoisotopic (exact) mass is 318 g/mol. The second-order valence-electron chi connectivity index (χ2n) is 4.62. The molecule has 2 aromatic rings. The van der Waals surface area contributed by atoms with Gasteiger partial charge in [0, 0.05) is 22.6 Å². The molecular weight excluding hydrogens is 304 g/mol. The van der Waals surface area contributed by atoms with Crippen molar-refractivity contribution in [3.05, 3.63) is 57.3 Å². The third kappa shape index (κ3) is 3.20. The highest BCUT2D eigenvalue weighted by Gasteiger charge is 2.10. The first-order valence-corrected chi connectivity index (χ1v) is 6.76. The minimum Gasteiger partial charge on any atom is -0.321 e. The summed E-state index contributed by atoms with van der Waals surface area (Å²) in [6.45, 7) is 5.86. The molecule has 0 radical (unpaired) electrons. The zero-order valence-corrected chi connectivity index (χ0v) is 12.7. The lowest BCUT2D eigenvalue weighted by atomic mass is 10.1. The Balaban J connectivity index is 2.29. The Kier molecular flexibility index (Phi) is 4.00. The van der Waals surface area contributed by atoms with Crippen LogP contribution < -0.4 is 5.32 Å². The second kappa shape index (κ2) is 5.53. The highest BCUT2D eigenvalue weighted by molar-refractivity contribution is 9.10. The van der Waals surface area contributed by atoms with Crippen LogP contribution in [0, 0.1) is 20.8 Å². The number of hydrogen-bond acceptors (Lipinski definition) is 2. The highest BCUT2D eigenvalue weighted by Crippen LogP contribution is 2.25. The number of aromatic nitrogens is 1. The van der Waals surface area contributed by atoms with Crippen LogP contribution in [0.15, 0.2) is 35.1 Å². The first-order valence-electron chi connectivity index (χ1n) is 5.97. The lowest BCUT2D eigenvalue weighted by molar-refractivity contribution is 0.102. The van der Waals surface area contributed by atoms with Gasteiger partial charge in [-0.2, -0.15) is 0 Å². The molecule has 2 rings (SSSR count). The summed E-state index contributed by atoms with van der Waals surface area (Å²) >= 11 is 3.45. The summed E-state index contributed by atoms with van der Waals surface area (Å²) < 4.78 is 1.01. The number of nitrogens with one attached hydrogen (secondary N) is 1. The van der Waals surface area contributed by atoms with Gasteiger partial charge in [-0.3, -0.25) is 9.78 Å².